The molecular weight excluding hydrogens is 344 g/mol. The molecule has 1 unspecified atom stereocenters. The minimum absolute atomic E-state index is 0.133. The van der Waals surface area contributed by atoms with Crippen LogP contribution in [0, 0.1) is 0 Å². The fraction of sp³-hybridized carbons (Fsp3) is 0.600. The van der Waals surface area contributed by atoms with Crippen molar-refractivity contribution >= 4 is 16.4 Å². The molecule has 0 fully saturated rings. The van der Waals surface area contributed by atoms with Crippen LogP contribution in [0.4, 0.5) is 0 Å². The summed E-state index contributed by atoms with van der Waals surface area (Å²) >= 11 is 0. The van der Waals surface area contributed by atoms with Gasteiger partial charge in [0.1, 0.15) is 5.75 Å². The van der Waals surface area contributed by atoms with Crippen LogP contribution in [0.15, 0.2) is 30.0 Å². The Kier molecular flexibility index (Phi) is 7.13. The number of aliphatic hydroxyl groups excluding tert-OH is 1. The molecule has 0 aliphatic carbocycles. The van der Waals surface area contributed by atoms with Crippen LogP contribution >= 0.6 is 0 Å². The van der Waals surface area contributed by atoms with E-state index in [1.165, 1.54) is 0 Å². The Morgan fingerprint density at radius 3 is 2.16 bits per heavy atom. The molecular formula is C20H36O3Si2. The summed E-state index contributed by atoms with van der Waals surface area (Å²) in [6, 6.07) is 5.98. The molecule has 0 bridgehead atoms. The van der Waals surface area contributed by atoms with Crippen molar-refractivity contribution < 1.29 is 14.3 Å². The molecule has 1 N–H and O–H groups in total. The Bertz CT molecular complexity index is 596. The quantitative estimate of drug-likeness (QED) is 0.642. The summed E-state index contributed by atoms with van der Waals surface area (Å²) in [6.07, 6.45) is 2.04. The van der Waals surface area contributed by atoms with Crippen LogP contribution in [0.3, 0.4) is 0 Å². The van der Waals surface area contributed by atoms with E-state index in [-0.39, 0.29) is 5.04 Å². The lowest BCUT2D eigenvalue weighted by Crippen LogP contribution is -2.43. The second-order valence-electron chi connectivity index (χ2n) is 9.34. The zero-order valence-electron chi connectivity index (χ0n) is 17.4. The fourth-order valence-electron chi connectivity index (χ4n) is 2.06. The third-order valence-electron chi connectivity index (χ3n) is 4.66. The average Bonchev–Trinajstić information content (AvgIpc) is 2.44. The van der Waals surface area contributed by atoms with E-state index in [0.717, 1.165) is 17.1 Å². The van der Waals surface area contributed by atoms with Gasteiger partial charge < -0.3 is 14.3 Å². The highest BCUT2D eigenvalue weighted by Crippen LogP contribution is 2.40. The Labute approximate surface area is 156 Å². The van der Waals surface area contributed by atoms with E-state index in [1.54, 1.807) is 7.11 Å². The molecule has 1 atom stereocenters. The molecule has 3 nitrogen and oxygen atoms in total. The molecule has 0 aliphatic rings. The molecule has 142 valence electrons. The molecule has 0 spiro atoms. The molecule has 25 heavy (non-hydrogen) atoms. The van der Waals surface area contributed by atoms with Crippen LogP contribution in [0.1, 0.15) is 26.3 Å². The predicted octanol–water partition coefficient (Wildman–Crippen LogP) is 5.42. The van der Waals surface area contributed by atoms with Gasteiger partial charge in [-0.25, -0.2) is 0 Å². The van der Waals surface area contributed by atoms with Gasteiger partial charge in [-0.3, -0.25) is 0 Å². The number of benzene rings is 1. The molecule has 0 aliphatic heterocycles. The maximum absolute atomic E-state index is 10.3. The predicted molar refractivity (Wildman–Crippen MR) is 113 cm³/mol. The SMILES string of the molecule is COc1cc(CC(O)/C=C/[Si](C)(C)C)ccc1O[Si](C)(C)C(C)(C)C. The van der Waals surface area contributed by atoms with Crippen LogP contribution in [-0.2, 0) is 6.42 Å². The number of ether oxygens (including phenoxy) is 1. The lowest BCUT2D eigenvalue weighted by molar-refractivity contribution is 0.224. The first-order valence-corrected chi connectivity index (χ1v) is 15.5. The van der Waals surface area contributed by atoms with Crippen LogP contribution in [0.2, 0.25) is 37.8 Å². The van der Waals surface area contributed by atoms with Gasteiger partial charge in [0, 0.05) is 6.42 Å². The molecule has 1 aromatic rings. The largest absolute Gasteiger partial charge is 0.541 e. The molecule has 1 aromatic carbocycles. The van der Waals surface area contributed by atoms with Gasteiger partial charge in [-0.1, -0.05) is 58.3 Å². The lowest BCUT2D eigenvalue weighted by Gasteiger charge is -2.36. The highest BCUT2D eigenvalue weighted by atomic mass is 28.4. The highest BCUT2D eigenvalue weighted by Gasteiger charge is 2.39. The second-order valence-corrected chi connectivity index (χ2v) is 19.1. The molecule has 0 saturated heterocycles. The Morgan fingerprint density at radius 1 is 1.08 bits per heavy atom. The summed E-state index contributed by atoms with van der Waals surface area (Å²) in [5.41, 5.74) is 3.23. The zero-order chi connectivity index (χ0) is 19.5. The number of hydrogen-bond acceptors (Lipinski definition) is 3. The van der Waals surface area contributed by atoms with E-state index in [2.05, 4.69) is 59.2 Å². The van der Waals surface area contributed by atoms with E-state index in [9.17, 15) is 5.11 Å². The van der Waals surface area contributed by atoms with Gasteiger partial charge >= 0.3 is 0 Å². The van der Waals surface area contributed by atoms with Crippen molar-refractivity contribution in [3.8, 4) is 11.5 Å². The minimum atomic E-state index is -1.91. The molecule has 0 heterocycles. The normalized spacial score (nSPS) is 14.6. The van der Waals surface area contributed by atoms with Crippen molar-refractivity contribution in [1.82, 2.24) is 0 Å². The molecule has 5 heteroatoms. The van der Waals surface area contributed by atoms with Crippen molar-refractivity contribution in [1.29, 1.82) is 0 Å². The van der Waals surface area contributed by atoms with Crippen LogP contribution in [0.25, 0.3) is 0 Å². The van der Waals surface area contributed by atoms with Gasteiger partial charge in [-0.15, -0.1) is 0 Å². The molecule has 0 saturated carbocycles. The molecule has 0 aromatic heterocycles. The van der Waals surface area contributed by atoms with Crippen LogP contribution in [0.5, 0.6) is 11.5 Å². The molecule has 1 rings (SSSR count). The van der Waals surface area contributed by atoms with E-state index < -0.39 is 22.5 Å². The van der Waals surface area contributed by atoms with Crippen molar-refractivity contribution in [2.24, 2.45) is 0 Å². The molecule has 0 radical (unpaired) electrons. The summed E-state index contributed by atoms with van der Waals surface area (Å²) < 4.78 is 11.9. The van der Waals surface area contributed by atoms with Gasteiger partial charge in [0.2, 0.25) is 0 Å². The number of aliphatic hydroxyl groups is 1. The van der Waals surface area contributed by atoms with Gasteiger partial charge in [0.25, 0.3) is 8.32 Å². The van der Waals surface area contributed by atoms with E-state index in [4.69, 9.17) is 9.16 Å². The summed E-state index contributed by atoms with van der Waals surface area (Å²) in [4.78, 5) is 0. The first kappa shape index (κ1) is 22.0. The van der Waals surface area contributed by atoms with Gasteiger partial charge in [0.05, 0.1) is 21.3 Å². The smallest absolute Gasteiger partial charge is 0.250 e. The number of hydrogen-bond donors (Lipinski definition) is 1. The molecule has 0 amide bonds. The number of methoxy groups -OCH3 is 1. The van der Waals surface area contributed by atoms with Gasteiger partial charge in [0.15, 0.2) is 5.75 Å². The standard InChI is InChI=1S/C20H36O3Si2/c1-20(2,3)25(8,9)23-18-11-10-16(15-19(18)22-4)14-17(21)12-13-24(5,6)7/h10-13,15,17,21H,14H2,1-9H3/b13-12+. The zero-order valence-corrected chi connectivity index (χ0v) is 19.4. The number of rotatable bonds is 7. The second kappa shape index (κ2) is 8.10. The highest BCUT2D eigenvalue weighted by molar-refractivity contribution is 6.81. The Hall–Kier alpha value is -1.05. The average molecular weight is 381 g/mol. The monoisotopic (exact) mass is 380 g/mol. The minimum Gasteiger partial charge on any atom is -0.541 e. The summed E-state index contributed by atoms with van der Waals surface area (Å²) in [5, 5.41) is 10.4. The van der Waals surface area contributed by atoms with E-state index >= 15 is 0 Å². The fourth-order valence-corrected chi connectivity index (χ4v) is 3.88. The van der Waals surface area contributed by atoms with Crippen molar-refractivity contribution in [2.45, 2.75) is 71.1 Å². The van der Waals surface area contributed by atoms with E-state index in [1.807, 2.05) is 24.3 Å². The summed E-state index contributed by atoms with van der Waals surface area (Å²) in [6.45, 7) is 17.9. The van der Waals surface area contributed by atoms with Crippen molar-refractivity contribution in [3.63, 3.8) is 0 Å². The van der Waals surface area contributed by atoms with Crippen LogP contribution in [-0.4, -0.2) is 34.7 Å². The summed E-state index contributed by atoms with van der Waals surface area (Å²) in [7, 11) is -1.54. The Morgan fingerprint density at radius 2 is 1.68 bits per heavy atom. The van der Waals surface area contributed by atoms with Crippen molar-refractivity contribution in [3.05, 3.63) is 35.5 Å². The topological polar surface area (TPSA) is 38.7 Å². The van der Waals surface area contributed by atoms with E-state index in [0.29, 0.717) is 6.42 Å². The maximum atomic E-state index is 10.3. The third kappa shape index (κ3) is 7.00. The summed E-state index contributed by atoms with van der Waals surface area (Å²) in [5.74, 6) is 1.54. The van der Waals surface area contributed by atoms with Crippen LogP contribution < -0.4 is 9.16 Å². The van der Waals surface area contributed by atoms with Gasteiger partial charge in [-0.2, -0.15) is 0 Å². The first-order valence-electron chi connectivity index (χ1n) is 8.98. The lowest BCUT2D eigenvalue weighted by atomic mass is 10.1. The maximum Gasteiger partial charge on any atom is 0.250 e. The van der Waals surface area contributed by atoms with Gasteiger partial charge in [-0.05, 0) is 35.8 Å². The Balaban J connectivity index is 2.94. The third-order valence-corrected chi connectivity index (χ3v) is 10.2. The first-order chi connectivity index (χ1) is 11.2. The van der Waals surface area contributed by atoms with Crippen molar-refractivity contribution in [2.75, 3.05) is 7.11 Å².